The van der Waals surface area contributed by atoms with E-state index in [1.807, 2.05) is 38.2 Å². The second-order valence-corrected chi connectivity index (χ2v) is 6.55. The first-order valence-electron chi connectivity index (χ1n) is 8.32. The van der Waals surface area contributed by atoms with E-state index in [-0.39, 0.29) is 5.91 Å². The molecule has 3 aromatic heterocycles. The molecule has 0 spiro atoms. The molecule has 0 unspecified atom stereocenters. The normalized spacial score (nSPS) is 11.5. The Balaban J connectivity index is 1.74. The standard InChI is InChI=1S/C19H19N5O/c1-12(2)9-18(25)23-17-6-8-21-19-15(11-22-24(17)19)13-3-4-16-14(10-13)5-7-20-16/h3-8,10-12,20H,9H2,1-2H3,(H,23,25). The summed E-state index contributed by atoms with van der Waals surface area (Å²) in [7, 11) is 0. The van der Waals surface area contributed by atoms with Crippen LogP contribution in [-0.2, 0) is 4.79 Å². The first-order valence-corrected chi connectivity index (χ1v) is 8.32. The quantitative estimate of drug-likeness (QED) is 0.595. The minimum absolute atomic E-state index is 0.0201. The monoisotopic (exact) mass is 333 g/mol. The number of benzene rings is 1. The number of amides is 1. The van der Waals surface area contributed by atoms with Crippen molar-refractivity contribution in [3.63, 3.8) is 0 Å². The second-order valence-electron chi connectivity index (χ2n) is 6.55. The summed E-state index contributed by atoms with van der Waals surface area (Å²) in [5, 5.41) is 8.49. The molecular weight excluding hydrogens is 314 g/mol. The summed E-state index contributed by atoms with van der Waals surface area (Å²) < 4.78 is 1.68. The molecule has 6 heteroatoms. The lowest BCUT2D eigenvalue weighted by Gasteiger charge is -2.08. The van der Waals surface area contributed by atoms with Gasteiger partial charge in [0.1, 0.15) is 5.82 Å². The van der Waals surface area contributed by atoms with Crippen molar-refractivity contribution in [1.82, 2.24) is 19.6 Å². The van der Waals surface area contributed by atoms with Crippen LogP contribution in [0.4, 0.5) is 5.82 Å². The highest BCUT2D eigenvalue weighted by molar-refractivity contribution is 5.91. The van der Waals surface area contributed by atoms with Gasteiger partial charge in [-0.3, -0.25) is 4.79 Å². The molecular formula is C19H19N5O. The van der Waals surface area contributed by atoms with Gasteiger partial charge in [-0.2, -0.15) is 9.61 Å². The van der Waals surface area contributed by atoms with E-state index < -0.39 is 0 Å². The van der Waals surface area contributed by atoms with E-state index in [9.17, 15) is 4.79 Å². The maximum absolute atomic E-state index is 12.1. The Hall–Kier alpha value is -3.15. The molecule has 25 heavy (non-hydrogen) atoms. The van der Waals surface area contributed by atoms with E-state index in [1.165, 1.54) is 0 Å². The fourth-order valence-corrected chi connectivity index (χ4v) is 2.98. The number of nitrogens with one attached hydrogen (secondary N) is 2. The Morgan fingerprint density at radius 2 is 2.16 bits per heavy atom. The Kier molecular flexibility index (Phi) is 3.72. The van der Waals surface area contributed by atoms with Crippen LogP contribution in [0.25, 0.3) is 27.7 Å². The van der Waals surface area contributed by atoms with Crippen LogP contribution in [0.2, 0.25) is 0 Å². The second kappa shape index (κ2) is 6.05. The number of nitrogens with zero attached hydrogens (tertiary/aromatic N) is 3. The van der Waals surface area contributed by atoms with E-state index in [0.717, 1.165) is 27.7 Å². The number of aromatic amines is 1. The Morgan fingerprint density at radius 1 is 1.28 bits per heavy atom. The van der Waals surface area contributed by atoms with Gasteiger partial charge in [-0.1, -0.05) is 19.9 Å². The van der Waals surface area contributed by atoms with E-state index in [4.69, 9.17) is 0 Å². The zero-order valence-corrected chi connectivity index (χ0v) is 14.2. The van der Waals surface area contributed by atoms with E-state index >= 15 is 0 Å². The van der Waals surface area contributed by atoms with Gasteiger partial charge in [0.15, 0.2) is 5.65 Å². The number of hydrogen-bond donors (Lipinski definition) is 2. The first-order chi connectivity index (χ1) is 12.1. The molecule has 0 aliphatic rings. The van der Waals surface area contributed by atoms with Gasteiger partial charge in [-0.05, 0) is 41.1 Å². The van der Waals surface area contributed by atoms with Gasteiger partial charge in [0.2, 0.25) is 5.91 Å². The minimum Gasteiger partial charge on any atom is -0.361 e. The van der Waals surface area contributed by atoms with Crippen LogP contribution in [0.1, 0.15) is 20.3 Å². The molecule has 126 valence electrons. The highest BCUT2D eigenvalue weighted by Crippen LogP contribution is 2.27. The molecule has 0 fully saturated rings. The average molecular weight is 333 g/mol. The number of fused-ring (bicyclic) bond motifs is 2. The maximum atomic E-state index is 12.1. The first kappa shape index (κ1) is 15.4. The van der Waals surface area contributed by atoms with Crippen molar-refractivity contribution < 1.29 is 4.79 Å². The van der Waals surface area contributed by atoms with Gasteiger partial charge >= 0.3 is 0 Å². The van der Waals surface area contributed by atoms with Gasteiger partial charge in [0.25, 0.3) is 0 Å². The molecule has 0 aliphatic carbocycles. The van der Waals surface area contributed by atoms with Crippen molar-refractivity contribution in [2.24, 2.45) is 5.92 Å². The maximum Gasteiger partial charge on any atom is 0.225 e. The molecule has 1 amide bonds. The number of rotatable bonds is 4. The molecule has 6 nitrogen and oxygen atoms in total. The number of anilines is 1. The zero-order valence-electron chi connectivity index (χ0n) is 14.2. The molecule has 1 aromatic carbocycles. The predicted octanol–water partition coefficient (Wildman–Crippen LogP) is 3.86. The Labute approximate surface area is 144 Å². The molecule has 0 saturated carbocycles. The van der Waals surface area contributed by atoms with Crippen molar-refractivity contribution in [2.75, 3.05) is 5.32 Å². The molecule has 0 radical (unpaired) electrons. The number of carbonyl (C=O) groups is 1. The molecule has 0 saturated heterocycles. The van der Waals surface area contributed by atoms with Crippen LogP contribution in [0.15, 0.2) is 48.9 Å². The number of hydrogen-bond acceptors (Lipinski definition) is 3. The summed E-state index contributed by atoms with van der Waals surface area (Å²) in [6.45, 7) is 4.04. The molecule has 0 atom stereocenters. The summed E-state index contributed by atoms with van der Waals surface area (Å²) >= 11 is 0. The number of carbonyl (C=O) groups excluding carboxylic acids is 1. The topological polar surface area (TPSA) is 75.1 Å². The van der Waals surface area contributed by atoms with Gasteiger partial charge in [-0.15, -0.1) is 0 Å². The van der Waals surface area contributed by atoms with Gasteiger partial charge in [0, 0.05) is 29.9 Å². The minimum atomic E-state index is -0.0201. The van der Waals surface area contributed by atoms with Crippen LogP contribution in [0, 0.1) is 5.92 Å². The number of H-pyrrole nitrogens is 1. The summed E-state index contributed by atoms with van der Waals surface area (Å²) in [6, 6.07) is 9.99. The van der Waals surface area contributed by atoms with Crippen LogP contribution in [0.5, 0.6) is 0 Å². The third-order valence-corrected chi connectivity index (χ3v) is 4.13. The summed E-state index contributed by atoms with van der Waals surface area (Å²) in [5.74, 6) is 0.913. The van der Waals surface area contributed by atoms with Crippen LogP contribution >= 0.6 is 0 Å². The molecule has 0 bridgehead atoms. The van der Waals surface area contributed by atoms with Crippen molar-refractivity contribution in [2.45, 2.75) is 20.3 Å². The Morgan fingerprint density at radius 3 is 3.00 bits per heavy atom. The lowest BCUT2D eigenvalue weighted by atomic mass is 10.1. The highest BCUT2D eigenvalue weighted by Gasteiger charge is 2.13. The van der Waals surface area contributed by atoms with E-state index in [0.29, 0.717) is 18.2 Å². The van der Waals surface area contributed by atoms with E-state index in [1.54, 1.807) is 23.0 Å². The van der Waals surface area contributed by atoms with Crippen molar-refractivity contribution in [3.8, 4) is 11.1 Å². The van der Waals surface area contributed by atoms with Gasteiger partial charge in [0.05, 0.1) is 6.20 Å². The van der Waals surface area contributed by atoms with Crippen molar-refractivity contribution in [3.05, 3.63) is 48.9 Å². The van der Waals surface area contributed by atoms with Crippen molar-refractivity contribution >= 4 is 28.3 Å². The lowest BCUT2D eigenvalue weighted by Crippen LogP contribution is -2.16. The van der Waals surface area contributed by atoms with Crippen LogP contribution in [0.3, 0.4) is 0 Å². The van der Waals surface area contributed by atoms with Gasteiger partial charge in [-0.25, -0.2) is 4.98 Å². The molecule has 4 rings (SSSR count). The summed E-state index contributed by atoms with van der Waals surface area (Å²) in [4.78, 5) is 19.7. The highest BCUT2D eigenvalue weighted by atomic mass is 16.1. The molecule has 2 N–H and O–H groups in total. The lowest BCUT2D eigenvalue weighted by molar-refractivity contribution is -0.116. The molecule has 0 aliphatic heterocycles. The van der Waals surface area contributed by atoms with E-state index in [2.05, 4.69) is 26.4 Å². The molecule has 4 aromatic rings. The average Bonchev–Trinajstić information content (AvgIpc) is 3.20. The molecule has 3 heterocycles. The Bertz CT molecular complexity index is 1060. The van der Waals surface area contributed by atoms with Crippen molar-refractivity contribution in [1.29, 1.82) is 0 Å². The van der Waals surface area contributed by atoms with Crippen LogP contribution < -0.4 is 5.32 Å². The fourth-order valence-electron chi connectivity index (χ4n) is 2.98. The smallest absolute Gasteiger partial charge is 0.225 e. The third-order valence-electron chi connectivity index (χ3n) is 4.13. The van der Waals surface area contributed by atoms with Crippen LogP contribution in [-0.4, -0.2) is 25.5 Å². The largest absolute Gasteiger partial charge is 0.361 e. The summed E-state index contributed by atoms with van der Waals surface area (Å²) in [5.41, 5.74) is 3.79. The fraction of sp³-hybridized carbons (Fsp3) is 0.211. The zero-order chi connectivity index (χ0) is 17.4. The summed E-state index contributed by atoms with van der Waals surface area (Å²) in [6.07, 6.45) is 5.88. The number of aromatic nitrogens is 4. The SMILES string of the molecule is CC(C)CC(=O)Nc1ccnc2c(-c3ccc4[nH]ccc4c3)cnn12. The van der Waals surface area contributed by atoms with Gasteiger partial charge < -0.3 is 10.3 Å². The third kappa shape index (κ3) is 2.87. The predicted molar refractivity (Wildman–Crippen MR) is 98.4 cm³/mol.